The van der Waals surface area contributed by atoms with Crippen molar-refractivity contribution in [2.45, 2.75) is 12.8 Å². The van der Waals surface area contributed by atoms with Gasteiger partial charge < -0.3 is 5.32 Å². The normalized spacial score (nSPS) is 11.2. The lowest BCUT2D eigenvalue weighted by atomic mass is 10.1. The van der Waals surface area contributed by atoms with E-state index < -0.39 is 10.0 Å². The molecular weight excluding hydrogens is 379 g/mol. The van der Waals surface area contributed by atoms with E-state index in [-0.39, 0.29) is 22.3 Å². The first-order valence-electron chi connectivity index (χ1n) is 7.94. The minimum Gasteiger partial charge on any atom is -0.352 e. The zero-order chi connectivity index (χ0) is 19.3. The van der Waals surface area contributed by atoms with Crippen LogP contribution in [0.15, 0.2) is 42.5 Å². The first-order valence-corrected chi connectivity index (χ1v) is 10.2. The average molecular weight is 399 g/mol. The van der Waals surface area contributed by atoms with E-state index in [2.05, 4.69) is 5.32 Å². The molecule has 0 fully saturated rings. The number of aryl methyl sites for hydroxylation is 1. The molecule has 0 aromatic heterocycles. The monoisotopic (exact) mass is 398 g/mol. The SMILES string of the molecule is CN(c1ccc(C(=O)NCCCc2ccc(F)cc2)c(Cl)c1)S(C)(=O)=O. The number of hydrogen-bond acceptors (Lipinski definition) is 3. The van der Waals surface area contributed by atoms with E-state index in [9.17, 15) is 17.6 Å². The minimum absolute atomic E-state index is 0.175. The Morgan fingerprint density at radius 3 is 2.42 bits per heavy atom. The Balaban J connectivity index is 1.92. The average Bonchev–Trinajstić information content (AvgIpc) is 2.58. The third-order valence-corrected chi connectivity index (χ3v) is 5.42. The van der Waals surface area contributed by atoms with Crippen LogP contribution in [-0.4, -0.2) is 34.2 Å². The summed E-state index contributed by atoms with van der Waals surface area (Å²) in [6.45, 7) is 0.442. The van der Waals surface area contributed by atoms with Gasteiger partial charge in [-0.2, -0.15) is 0 Å². The maximum absolute atomic E-state index is 12.8. The van der Waals surface area contributed by atoms with E-state index in [4.69, 9.17) is 11.6 Å². The molecule has 0 saturated carbocycles. The quantitative estimate of drug-likeness (QED) is 0.728. The molecule has 2 aromatic carbocycles. The molecule has 0 saturated heterocycles. The van der Waals surface area contributed by atoms with Crippen LogP contribution < -0.4 is 9.62 Å². The van der Waals surface area contributed by atoms with Gasteiger partial charge in [0.05, 0.1) is 22.5 Å². The number of benzene rings is 2. The molecule has 2 aromatic rings. The standard InChI is InChI=1S/C18H20ClFN2O3S/c1-22(26(2,24)25)15-9-10-16(17(19)12-15)18(23)21-11-3-4-13-5-7-14(20)8-6-13/h5-10,12H,3-4,11H2,1-2H3,(H,21,23). The summed E-state index contributed by atoms with van der Waals surface area (Å²) in [4.78, 5) is 12.2. The Labute approximate surface area is 157 Å². The van der Waals surface area contributed by atoms with Crippen molar-refractivity contribution >= 4 is 33.2 Å². The Morgan fingerprint density at radius 2 is 1.85 bits per heavy atom. The van der Waals surface area contributed by atoms with Crippen molar-refractivity contribution in [2.24, 2.45) is 0 Å². The lowest BCUT2D eigenvalue weighted by Gasteiger charge is -2.17. The molecule has 0 bridgehead atoms. The van der Waals surface area contributed by atoms with Crippen LogP contribution in [0, 0.1) is 5.82 Å². The highest BCUT2D eigenvalue weighted by Crippen LogP contribution is 2.24. The van der Waals surface area contributed by atoms with Gasteiger partial charge in [0, 0.05) is 13.6 Å². The first kappa shape index (κ1) is 20.2. The van der Waals surface area contributed by atoms with Gasteiger partial charge in [0.15, 0.2) is 0 Å². The number of carbonyl (C=O) groups is 1. The van der Waals surface area contributed by atoms with Gasteiger partial charge in [-0.3, -0.25) is 9.10 Å². The van der Waals surface area contributed by atoms with Crippen molar-refractivity contribution in [3.63, 3.8) is 0 Å². The van der Waals surface area contributed by atoms with Crippen LogP contribution in [0.4, 0.5) is 10.1 Å². The zero-order valence-electron chi connectivity index (χ0n) is 14.5. The summed E-state index contributed by atoms with van der Waals surface area (Å²) in [5, 5.41) is 2.95. The molecule has 0 aliphatic rings. The van der Waals surface area contributed by atoms with Crippen LogP contribution in [0.25, 0.3) is 0 Å². The van der Waals surface area contributed by atoms with Crippen molar-refractivity contribution in [2.75, 3.05) is 24.2 Å². The fourth-order valence-electron chi connectivity index (χ4n) is 2.32. The Hall–Kier alpha value is -2.12. The maximum Gasteiger partial charge on any atom is 0.252 e. The van der Waals surface area contributed by atoms with Crippen LogP contribution in [0.2, 0.25) is 5.02 Å². The Morgan fingerprint density at radius 1 is 1.19 bits per heavy atom. The summed E-state index contributed by atoms with van der Waals surface area (Å²) >= 11 is 6.12. The van der Waals surface area contributed by atoms with Crippen LogP contribution in [-0.2, 0) is 16.4 Å². The number of rotatable bonds is 7. The molecule has 8 heteroatoms. The molecule has 0 heterocycles. The predicted molar refractivity (Wildman–Crippen MR) is 102 cm³/mol. The molecule has 140 valence electrons. The van der Waals surface area contributed by atoms with Crippen LogP contribution >= 0.6 is 11.6 Å². The van der Waals surface area contributed by atoms with Gasteiger partial charge in [0.2, 0.25) is 10.0 Å². The van der Waals surface area contributed by atoms with E-state index in [0.29, 0.717) is 25.1 Å². The Bertz CT molecular complexity index is 886. The van der Waals surface area contributed by atoms with Gasteiger partial charge in [0.25, 0.3) is 5.91 Å². The van der Waals surface area contributed by atoms with E-state index in [1.165, 1.54) is 37.4 Å². The summed E-state index contributed by atoms with van der Waals surface area (Å²) in [5.41, 5.74) is 1.65. The summed E-state index contributed by atoms with van der Waals surface area (Å²) in [5.74, 6) is -0.607. The molecule has 1 amide bonds. The number of halogens is 2. The fourth-order valence-corrected chi connectivity index (χ4v) is 3.07. The smallest absolute Gasteiger partial charge is 0.252 e. The molecular formula is C18H20ClFN2O3S. The second-order valence-corrected chi connectivity index (χ2v) is 8.30. The molecule has 0 unspecified atom stereocenters. The predicted octanol–water partition coefficient (Wildman–Crippen LogP) is 3.24. The van der Waals surface area contributed by atoms with Gasteiger partial charge in [-0.15, -0.1) is 0 Å². The molecule has 1 N–H and O–H groups in total. The van der Waals surface area contributed by atoms with Crippen LogP contribution in [0.3, 0.4) is 0 Å². The van der Waals surface area contributed by atoms with E-state index in [1.807, 2.05) is 0 Å². The summed E-state index contributed by atoms with van der Waals surface area (Å²) in [6, 6.07) is 10.7. The van der Waals surface area contributed by atoms with Gasteiger partial charge in [-0.1, -0.05) is 23.7 Å². The second-order valence-electron chi connectivity index (χ2n) is 5.88. The van der Waals surface area contributed by atoms with Crippen molar-refractivity contribution in [3.05, 3.63) is 64.4 Å². The van der Waals surface area contributed by atoms with E-state index in [0.717, 1.165) is 16.1 Å². The molecule has 26 heavy (non-hydrogen) atoms. The van der Waals surface area contributed by atoms with Crippen LogP contribution in [0.5, 0.6) is 0 Å². The third-order valence-electron chi connectivity index (χ3n) is 3.90. The summed E-state index contributed by atoms with van der Waals surface area (Å²) < 4.78 is 37.0. The number of carbonyl (C=O) groups excluding carboxylic acids is 1. The maximum atomic E-state index is 12.8. The topological polar surface area (TPSA) is 66.5 Å². The number of amides is 1. The molecule has 0 spiro atoms. The Kier molecular flexibility index (Phi) is 6.61. The third kappa shape index (κ3) is 5.44. The van der Waals surface area contributed by atoms with Crippen molar-refractivity contribution in [1.29, 1.82) is 0 Å². The lowest BCUT2D eigenvalue weighted by molar-refractivity contribution is 0.0953. The molecule has 5 nitrogen and oxygen atoms in total. The van der Waals surface area contributed by atoms with Crippen LogP contribution in [0.1, 0.15) is 22.3 Å². The number of nitrogens with one attached hydrogen (secondary N) is 1. The molecule has 0 atom stereocenters. The number of hydrogen-bond donors (Lipinski definition) is 1. The van der Waals surface area contributed by atoms with Gasteiger partial charge >= 0.3 is 0 Å². The highest BCUT2D eigenvalue weighted by molar-refractivity contribution is 7.92. The molecule has 2 rings (SSSR count). The summed E-state index contributed by atoms with van der Waals surface area (Å²) in [7, 11) is -1.99. The van der Waals surface area contributed by atoms with Gasteiger partial charge in [-0.05, 0) is 48.7 Å². The van der Waals surface area contributed by atoms with Crippen molar-refractivity contribution in [1.82, 2.24) is 5.32 Å². The van der Waals surface area contributed by atoms with Gasteiger partial charge in [-0.25, -0.2) is 12.8 Å². The lowest BCUT2D eigenvalue weighted by Crippen LogP contribution is -2.26. The first-order chi connectivity index (χ1) is 12.2. The van der Waals surface area contributed by atoms with E-state index >= 15 is 0 Å². The number of anilines is 1. The van der Waals surface area contributed by atoms with Gasteiger partial charge in [0.1, 0.15) is 5.82 Å². The molecule has 0 aliphatic heterocycles. The van der Waals surface area contributed by atoms with Crippen molar-refractivity contribution in [3.8, 4) is 0 Å². The number of nitrogens with zero attached hydrogens (tertiary/aromatic N) is 1. The second kappa shape index (κ2) is 8.51. The minimum atomic E-state index is -3.40. The zero-order valence-corrected chi connectivity index (χ0v) is 16.1. The highest BCUT2D eigenvalue weighted by atomic mass is 35.5. The number of sulfonamides is 1. The van der Waals surface area contributed by atoms with Crippen molar-refractivity contribution < 1.29 is 17.6 Å². The molecule has 0 radical (unpaired) electrons. The highest BCUT2D eigenvalue weighted by Gasteiger charge is 2.16. The fraction of sp³-hybridized carbons (Fsp3) is 0.278. The molecule has 0 aliphatic carbocycles. The summed E-state index contributed by atoms with van der Waals surface area (Å²) in [6.07, 6.45) is 2.50. The largest absolute Gasteiger partial charge is 0.352 e. The van der Waals surface area contributed by atoms with E-state index in [1.54, 1.807) is 12.1 Å².